The Morgan fingerprint density at radius 2 is 2.00 bits per heavy atom. The van der Waals surface area contributed by atoms with E-state index in [0.29, 0.717) is 19.0 Å². The van der Waals surface area contributed by atoms with Gasteiger partial charge < -0.3 is 10.0 Å². The van der Waals surface area contributed by atoms with Crippen LogP contribution in [0.25, 0.3) is 0 Å². The third-order valence-corrected chi connectivity index (χ3v) is 2.57. The second-order valence-corrected chi connectivity index (χ2v) is 4.53. The molecule has 8 heteroatoms. The van der Waals surface area contributed by atoms with Gasteiger partial charge in [0.15, 0.2) is 11.4 Å². The Hall–Kier alpha value is -1.86. The number of hydrogen-bond acceptors (Lipinski definition) is 4. The first kappa shape index (κ1) is 16.2. The highest BCUT2D eigenvalue weighted by molar-refractivity contribution is 5.85. The van der Waals surface area contributed by atoms with E-state index in [9.17, 15) is 18.0 Å². The van der Waals surface area contributed by atoms with E-state index >= 15 is 0 Å². The first-order valence-corrected chi connectivity index (χ1v) is 6.13. The monoisotopic (exact) mass is 291 g/mol. The summed E-state index contributed by atoms with van der Waals surface area (Å²) in [7, 11) is 0. The van der Waals surface area contributed by atoms with Crippen molar-refractivity contribution in [3.8, 4) is 0 Å². The smallest absolute Gasteiger partial charge is 0.433 e. The van der Waals surface area contributed by atoms with Crippen LogP contribution < -0.4 is 4.90 Å². The summed E-state index contributed by atoms with van der Waals surface area (Å²) in [5.41, 5.74) is -1.91. The highest BCUT2D eigenvalue weighted by Crippen LogP contribution is 2.29. The summed E-state index contributed by atoms with van der Waals surface area (Å²) in [5, 5.41) is 8.87. The molecule has 0 aliphatic carbocycles. The van der Waals surface area contributed by atoms with Gasteiger partial charge in [-0.3, -0.25) is 0 Å². The summed E-state index contributed by atoms with van der Waals surface area (Å²) in [6.45, 7) is 5.86. The minimum Gasteiger partial charge on any atom is -0.477 e. The van der Waals surface area contributed by atoms with Gasteiger partial charge in [-0.05, 0) is 20.3 Å². The molecule has 1 aromatic rings. The van der Waals surface area contributed by atoms with Crippen LogP contribution in [0.1, 0.15) is 43.4 Å². The Kier molecular flexibility index (Phi) is 4.91. The topological polar surface area (TPSA) is 66.3 Å². The number of hydrogen-bond donors (Lipinski definition) is 1. The molecule has 0 amide bonds. The molecule has 1 rings (SSSR count). The molecule has 0 bridgehead atoms. The van der Waals surface area contributed by atoms with Gasteiger partial charge in [-0.1, -0.05) is 6.92 Å². The van der Waals surface area contributed by atoms with E-state index in [-0.39, 0.29) is 12.0 Å². The molecule has 5 nitrogen and oxygen atoms in total. The van der Waals surface area contributed by atoms with E-state index in [1.54, 1.807) is 18.7 Å². The van der Waals surface area contributed by atoms with Crippen molar-refractivity contribution in [2.75, 3.05) is 11.4 Å². The first-order valence-electron chi connectivity index (χ1n) is 6.13. The Morgan fingerprint density at radius 3 is 2.40 bits per heavy atom. The summed E-state index contributed by atoms with van der Waals surface area (Å²) in [5.74, 6) is -1.73. The summed E-state index contributed by atoms with van der Waals surface area (Å²) < 4.78 is 38.3. The zero-order valence-electron chi connectivity index (χ0n) is 11.4. The van der Waals surface area contributed by atoms with Crippen LogP contribution in [0, 0.1) is 0 Å². The Morgan fingerprint density at radius 1 is 1.40 bits per heavy atom. The quantitative estimate of drug-likeness (QED) is 0.903. The van der Waals surface area contributed by atoms with Gasteiger partial charge in [0.25, 0.3) is 0 Å². The number of carbonyl (C=O) groups is 1. The number of aromatic nitrogens is 2. The number of rotatable bonds is 5. The van der Waals surface area contributed by atoms with Gasteiger partial charge in [0, 0.05) is 18.7 Å². The second-order valence-electron chi connectivity index (χ2n) is 4.53. The SMILES string of the molecule is CCCN(c1nc(C(=O)O)cc(C(F)(F)F)n1)C(C)C. The molecule has 0 radical (unpaired) electrons. The molecular weight excluding hydrogens is 275 g/mol. The molecule has 20 heavy (non-hydrogen) atoms. The molecule has 1 heterocycles. The fourth-order valence-corrected chi connectivity index (χ4v) is 1.65. The van der Waals surface area contributed by atoms with Crippen molar-refractivity contribution < 1.29 is 23.1 Å². The van der Waals surface area contributed by atoms with Crippen molar-refractivity contribution in [3.63, 3.8) is 0 Å². The predicted molar refractivity (Wildman–Crippen MR) is 66.8 cm³/mol. The molecular formula is C12H16F3N3O2. The molecule has 0 fully saturated rings. The zero-order valence-corrected chi connectivity index (χ0v) is 11.4. The lowest BCUT2D eigenvalue weighted by atomic mass is 10.3. The van der Waals surface area contributed by atoms with Crippen LogP contribution in [0.2, 0.25) is 0 Å². The predicted octanol–water partition coefficient (Wildman–Crippen LogP) is 2.82. The minimum atomic E-state index is -4.71. The van der Waals surface area contributed by atoms with Crippen LogP contribution in [0.3, 0.4) is 0 Å². The van der Waals surface area contributed by atoms with Gasteiger partial charge >= 0.3 is 12.1 Å². The van der Waals surface area contributed by atoms with E-state index in [1.807, 2.05) is 6.92 Å². The summed E-state index contributed by atoms with van der Waals surface area (Å²) in [4.78, 5) is 19.6. The molecule has 1 N–H and O–H groups in total. The lowest BCUT2D eigenvalue weighted by molar-refractivity contribution is -0.141. The molecule has 0 atom stereocenters. The van der Waals surface area contributed by atoms with Crippen molar-refractivity contribution in [1.82, 2.24) is 9.97 Å². The summed E-state index contributed by atoms with van der Waals surface area (Å²) in [6.07, 6.45) is -4.03. The van der Waals surface area contributed by atoms with Crippen LogP contribution in [0.15, 0.2) is 6.07 Å². The number of nitrogens with zero attached hydrogens (tertiary/aromatic N) is 3. The summed E-state index contributed by atoms with van der Waals surface area (Å²) >= 11 is 0. The fraction of sp³-hybridized carbons (Fsp3) is 0.583. The lowest BCUT2D eigenvalue weighted by Gasteiger charge is -2.26. The Balaban J connectivity index is 3.37. The maximum absolute atomic E-state index is 12.8. The molecule has 0 saturated heterocycles. The number of aromatic carboxylic acids is 1. The van der Waals surface area contributed by atoms with Crippen LogP contribution in [-0.2, 0) is 6.18 Å². The van der Waals surface area contributed by atoms with E-state index < -0.39 is 23.5 Å². The number of carboxylic acid groups (broad SMARTS) is 1. The van der Waals surface area contributed by atoms with Gasteiger partial charge in [0.1, 0.15) is 0 Å². The van der Waals surface area contributed by atoms with Crippen molar-refractivity contribution in [2.24, 2.45) is 0 Å². The van der Waals surface area contributed by atoms with Gasteiger partial charge in [-0.2, -0.15) is 13.2 Å². The average Bonchev–Trinajstić information content (AvgIpc) is 2.33. The summed E-state index contributed by atoms with van der Waals surface area (Å²) in [6, 6.07) is 0.302. The molecule has 0 aliphatic rings. The fourth-order valence-electron chi connectivity index (χ4n) is 1.65. The average molecular weight is 291 g/mol. The molecule has 0 aromatic carbocycles. The molecule has 0 spiro atoms. The number of anilines is 1. The Bertz CT molecular complexity index is 489. The maximum Gasteiger partial charge on any atom is 0.433 e. The lowest BCUT2D eigenvalue weighted by Crippen LogP contribution is -2.34. The third kappa shape index (κ3) is 3.82. The van der Waals surface area contributed by atoms with E-state index in [1.165, 1.54) is 0 Å². The highest BCUT2D eigenvalue weighted by Gasteiger charge is 2.35. The third-order valence-electron chi connectivity index (χ3n) is 2.57. The second kappa shape index (κ2) is 6.06. The minimum absolute atomic E-state index is 0.139. The van der Waals surface area contributed by atoms with Crippen molar-refractivity contribution >= 4 is 11.9 Å². The molecule has 0 saturated carbocycles. The van der Waals surface area contributed by atoms with Crippen molar-refractivity contribution in [2.45, 2.75) is 39.4 Å². The molecule has 1 aromatic heterocycles. The number of alkyl halides is 3. The van der Waals surface area contributed by atoms with Crippen LogP contribution in [-0.4, -0.2) is 33.6 Å². The van der Waals surface area contributed by atoms with Gasteiger partial charge in [0.2, 0.25) is 5.95 Å². The Labute approximate surface area is 114 Å². The van der Waals surface area contributed by atoms with Crippen LogP contribution in [0.5, 0.6) is 0 Å². The molecule has 0 aliphatic heterocycles. The van der Waals surface area contributed by atoms with Crippen molar-refractivity contribution in [1.29, 1.82) is 0 Å². The first-order chi connectivity index (χ1) is 9.16. The largest absolute Gasteiger partial charge is 0.477 e. The number of carboxylic acids is 1. The zero-order chi connectivity index (χ0) is 15.5. The standard InChI is InChI=1S/C12H16F3N3O2/c1-4-5-18(7(2)3)11-16-8(10(19)20)6-9(17-11)12(13,14)15/h6-7H,4-5H2,1-3H3,(H,19,20). The number of halogens is 3. The highest BCUT2D eigenvalue weighted by atomic mass is 19.4. The normalized spacial score (nSPS) is 11.8. The van der Waals surface area contributed by atoms with Crippen LogP contribution >= 0.6 is 0 Å². The molecule has 112 valence electrons. The maximum atomic E-state index is 12.8. The van der Waals surface area contributed by atoms with Crippen molar-refractivity contribution in [3.05, 3.63) is 17.5 Å². The van der Waals surface area contributed by atoms with Gasteiger partial charge in [-0.15, -0.1) is 0 Å². The van der Waals surface area contributed by atoms with Gasteiger partial charge in [-0.25, -0.2) is 14.8 Å². The van der Waals surface area contributed by atoms with E-state index in [4.69, 9.17) is 5.11 Å². The molecule has 0 unspecified atom stereocenters. The van der Waals surface area contributed by atoms with E-state index in [0.717, 1.165) is 0 Å². The van der Waals surface area contributed by atoms with Gasteiger partial charge in [0.05, 0.1) is 0 Å². The van der Waals surface area contributed by atoms with E-state index in [2.05, 4.69) is 9.97 Å². The van der Waals surface area contributed by atoms with Crippen LogP contribution in [0.4, 0.5) is 19.1 Å².